The third kappa shape index (κ3) is 6.99. The van der Waals surface area contributed by atoms with Crippen LogP contribution < -0.4 is 0 Å². The summed E-state index contributed by atoms with van der Waals surface area (Å²) in [4.78, 5) is 25.4. The predicted molar refractivity (Wildman–Crippen MR) is 98.5 cm³/mol. The van der Waals surface area contributed by atoms with E-state index in [0.717, 1.165) is 0 Å². The van der Waals surface area contributed by atoms with Gasteiger partial charge in [0.05, 0.1) is 26.4 Å². The van der Waals surface area contributed by atoms with Gasteiger partial charge in [-0.1, -0.05) is 0 Å². The van der Waals surface area contributed by atoms with Crippen LogP contribution in [-0.4, -0.2) is 126 Å². The molecule has 176 valence electrons. The molecule has 0 aromatic carbocycles. The molecule has 0 aromatic rings. The summed E-state index contributed by atoms with van der Waals surface area (Å²) in [6, 6.07) is 0. The molecular weight excluding hydrogens is 408 g/mol. The van der Waals surface area contributed by atoms with Crippen molar-refractivity contribution in [2.75, 3.05) is 52.9 Å². The molecule has 0 aromatic heterocycles. The van der Waals surface area contributed by atoms with Crippen LogP contribution in [0.25, 0.3) is 0 Å². The van der Waals surface area contributed by atoms with Crippen molar-refractivity contribution in [2.45, 2.75) is 50.2 Å². The number of aliphatic hydroxyl groups excluding tert-OH is 4. The summed E-state index contributed by atoms with van der Waals surface area (Å²) in [5.74, 6) is -2.37. The van der Waals surface area contributed by atoms with Gasteiger partial charge in [0.2, 0.25) is 5.60 Å². The Balaban J connectivity index is 2.94. The highest BCUT2D eigenvalue weighted by atomic mass is 16.6. The second-order valence-electron chi connectivity index (χ2n) is 6.53. The van der Waals surface area contributed by atoms with Gasteiger partial charge in [-0.05, 0) is 13.8 Å². The average Bonchev–Trinajstić information content (AvgIpc) is 2.73. The lowest BCUT2D eigenvalue weighted by atomic mass is 9.80. The number of ether oxygens (including phenoxy) is 5. The van der Waals surface area contributed by atoms with Crippen molar-refractivity contribution >= 4 is 11.6 Å². The predicted octanol–water partition coefficient (Wildman–Crippen LogP) is -3.24. The van der Waals surface area contributed by atoms with E-state index in [0.29, 0.717) is 13.2 Å². The quantitative estimate of drug-likeness (QED) is 0.127. The molecule has 0 amide bonds. The van der Waals surface area contributed by atoms with E-state index >= 15 is 0 Å². The van der Waals surface area contributed by atoms with Gasteiger partial charge in [0.15, 0.2) is 17.9 Å². The Morgan fingerprint density at radius 3 is 1.63 bits per heavy atom. The fraction of sp³-hybridized carbons (Fsp3) is 0.889. The summed E-state index contributed by atoms with van der Waals surface area (Å²) in [6.45, 7) is 3.23. The molecule has 0 radical (unpaired) electrons. The van der Waals surface area contributed by atoms with Crippen LogP contribution in [0.2, 0.25) is 0 Å². The molecule has 12 heteroatoms. The molecule has 12 nitrogen and oxygen atoms in total. The zero-order valence-corrected chi connectivity index (χ0v) is 17.1. The van der Waals surface area contributed by atoms with E-state index in [-0.39, 0.29) is 26.4 Å². The molecule has 0 bridgehead atoms. The Labute approximate surface area is 174 Å². The number of rotatable bonds is 15. The number of hydrogen-bond donors (Lipinski definition) is 5. The Bertz CT molecular complexity index is 501. The van der Waals surface area contributed by atoms with Crippen molar-refractivity contribution in [3.63, 3.8) is 0 Å². The van der Waals surface area contributed by atoms with Crippen LogP contribution in [0.3, 0.4) is 0 Å². The van der Waals surface area contributed by atoms with Crippen molar-refractivity contribution in [3.8, 4) is 0 Å². The van der Waals surface area contributed by atoms with Crippen molar-refractivity contribution in [1.29, 1.82) is 0 Å². The molecule has 1 saturated heterocycles. The van der Waals surface area contributed by atoms with Crippen LogP contribution in [0, 0.1) is 0 Å². The SMILES string of the molecule is CCOCCOCC(=O)C(O)(C(=O)COCCOCC)[C@H]1OC(O)[C@H](O)[C@@H](O)[C@H]1O. The minimum atomic E-state index is -3.02. The fourth-order valence-electron chi connectivity index (χ4n) is 2.75. The standard InChI is InChI=1S/C18H32O12/c1-3-26-5-7-28-9-11(19)18(25,12(20)10-29-8-6-27-4-2)16-14(22)13(21)15(23)17(24)30-16/h13-17,21-25H,3-10H2,1-2H3/t13-,14+,15+,16-,17?/m0/s1. The van der Waals surface area contributed by atoms with E-state index in [9.17, 15) is 35.1 Å². The second-order valence-corrected chi connectivity index (χ2v) is 6.53. The number of carbonyl (C=O) groups excluding carboxylic acids is 2. The van der Waals surface area contributed by atoms with Crippen LogP contribution in [0.15, 0.2) is 0 Å². The summed E-state index contributed by atoms with van der Waals surface area (Å²) >= 11 is 0. The molecule has 0 spiro atoms. The van der Waals surface area contributed by atoms with Crippen LogP contribution in [0.1, 0.15) is 13.8 Å². The largest absolute Gasteiger partial charge is 0.387 e. The van der Waals surface area contributed by atoms with Gasteiger partial charge >= 0.3 is 0 Å². The maximum Gasteiger partial charge on any atom is 0.215 e. The van der Waals surface area contributed by atoms with Crippen molar-refractivity contribution < 1.29 is 58.8 Å². The Morgan fingerprint density at radius 1 is 0.767 bits per heavy atom. The van der Waals surface area contributed by atoms with Crippen LogP contribution >= 0.6 is 0 Å². The van der Waals surface area contributed by atoms with Gasteiger partial charge in [-0.3, -0.25) is 9.59 Å². The minimum absolute atomic E-state index is 0.00719. The van der Waals surface area contributed by atoms with Gasteiger partial charge in [0.25, 0.3) is 0 Å². The third-order valence-corrected chi connectivity index (χ3v) is 4.47. The van der Waals surface area contributed by atoms with Gasteiger partial charge in [0.1, 0.15) is 37.6 Å². The number of carbonyl (C=O) groups is 2. The molecule has 5 N–H and O–H groups in total. The number of ketones is 2. The van der Waals surface area contributed by atoms with E-state index in [1.807, 2.05) is 0 Å². The monoisotopic (exact) mass is 440 g/mol. The summed E-state index contributed by atoms with van der Waals surface area (Å²) in [5, 5.41) is 50.4. The van der Waals surface area contributed by atoms with Gasteiger partial charge in [-0.2, -0.15) is 0 Å². The summed E-state index contributed by atoms with van der Waals surface area (Å²) in [7, 11) is 0. The lowest BCUT2D eigenvalue weighted by molar-refractivity contribution is -0.304. The van der Waals surface area contributed by atoms with Crippen molar-refractivity contribution in [2.24, 2.45) is 0 Å². The molecule has 1 rings (SSSR count). The Morgan fingerprint density at radius 2 is 1.20 bits per heavy atom. The molecule has 1 heterocycles. The van der Waals surface area contributed by atoms with Crippen LogP contribution in [0.4, 0.5) is 0 Å². The number of aliphatic hydroxyl groups is 5. The Hall–Kier alpha value is -1.06. The molecule has 1 unspecified atom stereocenters. The van der Waals surface area contributed by atoms with E-state index in [4.69, 9.17) is 23.7 Å². The van der Waals surface area contributed by atoms with Gasteiger partial charge in [-0.25, -0.2) is 0 Å². The summed E-state index contributed by atoms with van der Waals surface area (Å²) in [5.41, 5.74) is -3.02. The zero-order valence-electron chi connectivity index (χ0n) is 17.1. The van der Waals surface area contributed by atoms with Crippen molar-refractivity contribution in [1.82, 2.24) is 0 Å². The lowest BCUT2D eigenvalue weighted by Crippen LogP contribution is -2.70. The topological polar surface area (TPSA) is 181 Å². The summed E-state index contributed by atoms with van der Waals surface area (Å²) < 4.78 is 25.2. The molecule has 0 saturated carbocycles. The van der Waals surface area contributed by atoms with Gasteiger partial charge < -0.3 is 49.2 Å². The van der Waals surface area contributed by atoms with Crippen LogP contribution in [0.5, 0.6) is 0 Å². The van der Waals surface area contributed by atoms with E-state index in [2.05, 4.69) is 0 Å². The molecule has 5 atom stereocenters. The molecule has 1 aliphatic rings. The first kappa shape index (κ1) is 27.0. The van der Waals surface area contributed by atoms with E-state index < -0.39 is 61.1 Å². The average molecular weight is 440 g/mol. The molecule has 1 fully saturated rings. The smallest absolute Gasteiger partial charge is 0.215 e. The van der Waals surface area contributed by atoms with Crippen LogP contribution in [-0.2, 0) is 33.3 Å². The summed E-state index contributed by atoms with van der Waals surface area (Å²) in [6.07, 6.45) is -10.1. The van der Waals surface area contributed by atoms with E-state index in [1.54, 1.807) is 13.8 Å². The highest BCUT2D eigenvalue weighted by Crippen LogP contribution is 2.29. The number of hydrogen-bond acceptors (Lipinski definition) is 12. The fourth-order valence-corrected chi connectivity index (χ4v) is 2.75. The maximum absolute atomic E-state index is 12.7. The first-order valence-corrected chi connectivity index (χ1v) is 9.69. The highest BCUT2D eigenvalue weighted by Gasteiger charge is 2.59. The maximum atomic E-state index is 12.7. The van der Waals surface area contributed by atoms with E-state index in [1.165, 1.54) is 0 Å². The lowest BCUT2D eigenvalue weighted by Gasteiger charge is -2.44. The number of Topliss-reactive ketones (excluding diaryl/α,β-unsaturated/α-hetero) is 2. The molecule has 30 heavy (non-hydrogen) atoms. The normalized spacial score (nSPS) is 27.2. The first-order valence-electron chi connectivity index (χ1n) is 9.69. The van der Waals surface area contributed by atoms with Gasteiger partial charge in [0, 0.05) is 13.2 Å². The van der Waals surface area contributed by atoms with Crippen molar-refractivity contribution in [3.05, 3.63) is 0 Å². The zero-order chi connectivity index (χ0) is 22.7. The minimum Gasteiger partial charge on any atom is -0.387 e. The highest BCUT2D eigenvalue weighted by molar-refractivity contribution is 6.12. The second kappa shape index (κ2) is 13.4. The first-order chi connectivity index (χ1) is 14.2. The molecular formula is C18H32O12. The van der Waals surface area contributed by atoms with Gasteiger partial charge in [-0.15, -0.1) is 0 Å². The Kier molecular flexibility index (Phi) is 12.0. The third-order valence-electron chi connectivity index (χ3n) is 4.47. The molecule has 1 aliphatic heterocycles. The molecule has 0 aliphatic carbocycles.